The minimum Gasteiger partial charge on any atom is -0.393 e. The summed E-state index contributed by atoms with van der Waals surface area (Å²) in [6.07, 6.45) is 11.8. The Kier molecular flexibility index (Phi) is 5.14. The monoisotopic (exact) mass is 426 g/mol. The second kappa shape index (κ2) is 7.18. The van der Waals surface area contributed by atoms with Crippen LogP contribution in [0.15, 0.2) is 11.1 Å². The fourth-order valence-electron chi connectivity index (χ4n) is 10.5. The molecule has 0 radical (unpaired) electrons. The molecule has 0 bridgehead atoms. The van der Waals surface area contributed by atoms with Crippen LogP contribution >= 0.6 is 0 Å². The van der Waals surface area contributed by atoms with Crippen LogP contribution in [-0.4, -0.2) is 17.0 Å². The molecule has 2 nitrogen and oxygen atoms in total. The van der Waals surface area contributed by atoms with E-state index in [1.54, 1.807) is 5.57 Å². The molecular formula is C29H46O2. The van der Waals surface area contributed by atoms with Gasteiger partial charge in [-0.1, -0.05) is 47.1 Å². The number of Topliss-reactive ketones (excluding diaryl/α,β-unsaturated/α-hetero) is 1. The number of aliphatic hydroxyl groups is 1. The molecule has 9 unspecified atom stereocenters. The molecule has 0 spiro atoms. The second-order valence-corrected chi connectivity index (χ2v) is 13.2. The van der Waals surface area contributed by atoms with Crippen molar-refractivity contribution < 1.29 is 9.90 Å². The summed E-state index contributed by atoms with van der Waals surface area (Å²) in [7, 11) is 0. The average Bonchev–Trinajstić information content (AvgIpc) is 3.03. The highest BCUT2D eigenvalue weighted by Crippen LogP contribution is 2.71. The molecule has 9 atom stereocenters. The molecule has 0 aromatic heterocycles. The Morgan fingerprint density at radius 1 is 0.968 bits per heavy atom. The van der Waals surface area contributed by atoms with Gasteiger partial charge in [-0.2, -0.15) is 0 Å². The number of carbonyl (C=O) groups is 1. The fraction of sp³-hybridized carbons (Fsp3) is 0.897. The van der Waals surface area contributed by atoms with E-state index in [1.165, 1.54) is 50.5 Å². The van der Waals surface area contributed by atoms with Crippen LogP contribution in [0.2, 0.25) is 0 Å². The highest BCUT2D eigenvalue weighted by Gasteiger charge is 2.64. The van der Waals surface area contributed by atoms with E-state index >= 15 is 0 Å². The molecule has 174 valence electrons. The standard InChI is InChI=1S/C29H46O2/c1-7-29-15-11-21-19(26(29)25(17(2)3)23(31)16-29)8-9-24-27(5)14-12-22(30)18(4)20(27)10-13-28(21,24)6/h17-22,24,30H,7-16H2,1-6H3. The van der Waals surface area contributed by atoms with Crippen molar-refractivity contribution in [2.45, 2.75) is 112 Å². The van der Waals surface area contributed by atoms with Crippen LogP contribution in [0.4, 0.5) is 0 Å². The summed E-state index contributed by atoms with van der Waals surface area (Å²) in [6.45, 7) is 14.4. The molecule has 31 heavy (non-hydrogen) atoms. The maximum absolute atomic E-state index is 13.2. The smallest absolute Gasteiger partial charge is 0.159 e. The predicted molar refractivity (Wildman–Crippen MR) is 126 cm³/mol. The number of allylic oxidation sites excluding steroid dienone is 2. The van der Waals surface area contributed by atoms with E-state index < -0.39 is 0 Å². The molecule has 0 heterocycles. The lowest BCUT2D eigenvalue weighted by atomic mass is 9.38. The van der Waals surface area contributed by atoms with Crippen LogP contribution in [0.5, 0.6) is 0 Å². The Bertz CT molecular complexity index is 795. The first-order valence-corrected chi connectivity index (χ1v) is 13.5. The fourth-order valence-corrected chi connectivity index (χ4v) is 10.5. The number of hydrogen-bond acceptors (Lipinski definition) is 2. The molecular weight excluding hydrogens is 380 g/mol. The number of rotatable bonds is 2. The van der Waals surface area contributed by atoms with Crippen molar-refractivity contribution in [1.82, 2.24) is 0 Å². The molecule has 0 aliphatic heterocycles. The molecule has 5 rings (SSSR count). The normalized spacial score (nSPS) is 51.9. The van der Waals surface area contributed by atoms with E-state index in [2.05, 4.69) is 41.5 Å². The maximum atomic E-state index is 13.2. The van der Waals surface area contributed by atoms with Gasteiger partial charge in [0.25, 0.3) is 0 Å². The van der Waals surface area contributed by atoms with Gasteiger partial charge in [0.2, 0.25) is 0 Å². The van der Waals surface area contributed by atoms with Gasteiger partial charge in [0, 0.05) is 6.42 Å². The SMILES string of the molecule is CCC12CCC3C(CCC4C3(C)CCC3C(C)C(O)CCC34C)C1=C(C(C)C)C(=O)C2. The van der Waals surface area contributed by atoms with Crippen LogP contribution < -0.4 is 0 Å². The summed E-state index contributed by atoms with van der Waals surface area (Å²) >= 11 is 0. The minimum atomic E-state index is -0.0955. The van der Waals surface area contributed by atoms with Crippen molar-refractivity contribution in [1.29, 1.82) is 0 Å². The van der Waals surface area contributed by atoms with E-state index in [0.29, 0.717) is 40.3 Å². The van der Waals surface area contributed by atoms with Crippen molar-refractivity contribution >= 4 is 5.78 Å². The van der Waals surface area contributed by atoms with E-state index in [1.807, 2.05) is 0 Å². The summed E-state index contributed by atoms with van der Waals surface area (Å²) in [4.78, 5) is 13.2. The predicted octanol–water partition coefficient (Wildman–Crippen LogP) is 6.96. The van der Waals surface area contributed by atoms with E-state index in [0.717, 1.165) is 31.1 Å². The number of hydrogen-bond donors (Lipinski definition) is 1. The lowest BCUT2D eigenvalue weighted by Gasteiger charge is -2.67. The molecule has 4 saturated carbocycles. The molecule has 0 aromatic carbocycles. The van der Waals surface area contributed by atoms with Crippen LogP contribution in [0.25, 0.3) is 0 Å². The van der Waals surface area contributed by atoms with Crippen molar-refractivity contribution in [2.24, 2.45) is 51.8 Å². The topological polar surface area (TPSA) is 37.3 Å². The highest BCUT2D eigenvalue weighted by molar-refractivity contribution is 6.00. The number of aliphatic hydroxyl groups excluding tert-OH is 1. The van der Waals surface area contributed by atoms with E-state index in [-0.39, 0.29) is 11.5 Å². The third-order valence-corrected chi connectivity index (χ3v) is 12.0. The maximum Gasteiger partial charge on any atom is 0.159 e. The molecule has 0 saturated heterocycles. The van der Waals surface area contributed by atoms with Gasteiger partial charge in [0.05, 0.1) is 6.10 Å². The number of fused-ring (bicyclic) bond motifs is 7. The third-order valence-electron chi connectivity index (χ3n) is 12.0. The zero-order valence-corrected chi connectivity index (χ0v) is 21.0. The molecule has 5 aliphatic rings. The van der Waals surface area contributed by atoms with Gasteiger partial charge in [-0.25, -0.2) is 0 Å². The molecule has 2 heteroatoms. The van der Waals surface area contributed by atoms with Gasteiger partial charge in [0.15, 0.2) is 5.78 Å². The third kappa shape index (κ3) is 2.82. The van der Waals surface area contributed by atoms with Gasteiger partial charge in [-0.3, -0.25) is 4.79 Å². The second-order valence-electron chi connectivity index (χ2n) is 13.2. The van der Waals surface area contributed by atoms with Gasteiger partial charge in [0.1, 0.15) is 0 Å². The van der Waals surface area contributed by atoms with Crippen molar-refractivity contribution in [2.75, 3.05) is 0 Å². The highest BCUT2D eigenvalue weighted by atomic mass is 16.3. The zero-order chi connectivity index (χ0) is 22.3. The first-order valence-electron chi connectivity index (χ1n) is 13.5. The van der Waals surface area contributed by atoms with Gasteiger partial charge in [-0.05, 0) is 115 Å². The summed E-state index contributed by atoms with van der Waals surface area (Å²) < 4.78 is 0. The first-order chi connectivity index (χ1) is 14.6. The van der Waals surface area contributed by atoms with Crippen molar-refractivity contribution in [3.8, 4) is 0 Å². The Balaban J connectivity index is 1.55. The number of ketones is 1. The minimum absolute atomic E-state index is 0.0955. The molecule has 4 fully saturated rings. The molecule has 1 N–H and O–H groups in total. The van der Waals surface area contributed by atoms with E-state index in [9.17, 15) is 9.90 Å². The Morgan fingerprint density at radius 2 is 1.61 bits per heavy atom. The Hall–Kier alpha value is -0.630. The lowest BCUT2D eigenvalue weighted by Crippen LogP contribution is -2.60. The first kappa shape index (κ1) is 22.2. The van der Waals surface area contributed by atoms with Crippen LogP contribution in [0, 0.1) is 51.8 Å². The quantitative estimate of drug-likeness (QED) is 0.518. The average molecular weight is 427 g/mol. The van der Waals surface area contributed by atoms with Crippen LogP contribution in [-0.2, 0) is 4.79 Å². The molecule has 0 amide bonds. The summed E-state index contributed by atoms with van der Waals surface area (Å²) in [5.74, 6) is 4.15. The zero-order valence-electron chi connectivity index (χ0n) is 21.0. The van der Waals surface area contributed by atoms with Crippen molar-refractivity contribution in [3.05, 3.63) is 11.1 Å². The van der Waals surface area contributed by atoms with Gasteiger partial charge in [-0.15, -0.1) is 0 Å². The van der Waals surface area contributed by atoms with Crippen LogP contribution in [0.1, 0.15) is 106 Å². The summed E-state index contributed by atoms with van der Waals surface area (Å²) in [5.41, 5.74) is 3.86. The Labute approximate surface area is 190 Å². The summed E-state index contributed by atoms with van der Waals surface area (Å²) in [6, 6.07) is 0. The van der Waals surface area contributed by atoms with Crippen LogP contribution in [0.3, 0.4) is 0 Å². The largest absolute Gasteiger partial charge is 0.393 e. The molecule has 5 aliphatic carbocycles. The summed E-state index contributed by atoms with van der Waals surface area (Å²) in [5, 5.41) is 10.6. The lowest BCUT2D eigenvalue weighted by molar-refractivity contribution is -0.178. The van der Waals surface area contributed by atoms with Gasteiger partial charge >= 0.3 is 0 Å². The number of carbonyl (C=O) groups excluding carboxylic acids is 1. The van der Waals surface area contributed by atoms with Crippen molar-refractivity contribution in [3.63, 3.8) is 0 Å². The van der Waals surface area contributed by atoms with Gasteiger partial charge < -0.3 is 5.11 Å². The Morgan fingerprint density at radius 3 is 2.29 bits per heavy atom. The van der Waals surface area contributed by atoms with E-state index in [4.69, 9.17) is 0 Å². The molecule has 0 aromatic rings.